The molecule has 0 saturated carbocycles. The van der Waals surface area contributed by atoms with Crippen molar-refractivity contribution < 1.29 is 14.6 Å². The van der Waals surface area contributed by atoms with Crippen LogP contribution in [0, 0.1) is 0 Å². The van der Waals surface area contributed by atoms with Crippen LogP contribution in [-0.4, -0.2) is 54.2 Å². The molecule has 2 heterocycles. The fourth-order valence-corrected chi connectivity index (χ4v) is 4.28. The second-order valence-corrected chi connectivity index (χ2v) is 13.7. The monoisotopic (exact) mass is 380 g/mol. The second kappa shape index (κ2) is 8.93. The van der Waals surface area contributed by atoms with E-state index in [1.165, 1.54) is 0 Å². The smallest absolute Gasteiger partial charge is 0.191 e. The molecule has 1 aliphatic rings. The molecule has 148 valence electrons. The van der Waals surface area contributed by atoms with Crippen molar-refractivity contribution >= 4 is 8.32 Å². The highest BCUT2D eigenvalue weighted by Gasteiger charge is 2.37. The van der Waals surface area contributed by atoms with E-state index in [0.29, 0.717) is 13.0 Å². The van der Waals surface area contributed by atoms with Crippen LogP contribution in [0.4, 0.5) is 0 Å². The largest absolute Gasteiger partial charge is 0.416 e. The fraction of sp³-hybridized carbons (Fsp3) is 0.750. The van der Waals surface area contributed by atoms with Crippen molar-refractivity contribution in [3.8, 4) is 0 Å². The van der Waals surface area contributed by atoms with E-state index in [-0.39, 0.29) is 17.7 Å². The number of aromatic nitrogens is 1. The number of piperidine rings is 1. The average molecular weight is 381 g/mol. The Labute approximate surface area is 159 Å². The van der Waals surface area contributed by atoms with Gasteiger partial charge in [0, 0.05) is 43.1 Å². The summed E-state index contributed by atoms with van der Waals surface area (Å²) in [6.45, 7) is 12.7. The lowest BCUT2D eigenvalue weighted by Crippen LogP contribution is -2.44. The van der Waals surface area contributed by atoms with Gasteiger partial charge in [-0.1, -0.05) is 33.3 Å². The van der Waals surface area contributed by atoms with Crippen LogP contribution in [-0.2, 0) is 10.8 Å². The molecule has 1 fully saturated rings. The highest BCUT2D eigenvalue weighted by molar-refractivity contribution is 6.74. The summed E-state index contributed by atoms with van der Waals surface area (Å²) in [6.07, 6.45) is 4.84. The van der Waals surface area contributed by atoms with Crippen LogP contribution >= 0.6 is 0 Å². The first-order chi connectivity index (χ1) is 12.2. The Morgan fingerprint density at radius 2 is 2.08 bits per heavy atom. The Hall–Kier alpha value is -0.793. The maximum Gasteiger partial charge on any atom is 0.191 e. The molecule has 5 nitrogen and oxygen atoms in total. The van der Waals surface area contributed by atoms with Crippen molar-refractivity contribution in [1.82, 2.24) is 9.88 Å². The van der Waals surface area contributed by atoms with Gasteiger partial charge in [-0.3, -0.25) is 9.88 Å². The van der Waals surface area contributed by atoms with E-state index in [2.05, 4.69) is 38.8 Å². The zero-order valence-corrected chi connectivity index (χ0v) is 18.0. The minimum absolute atomic E-state index is 0.0234. The van der Waals surface area contributed by atoms with Crippen molar-refractivity contribution in [3.05, 3.63) is 29.6 Å². The summed E-state index contributed by atoms with van der Waals surface area (Å²) in [6, 6.07) is 3.84. The van der Waals surface area contributed by atoms with Gasteiger partial charge in [-0.2, -0.15) is 0 Å². The number of hydrogen-bond acceptors (Lipinski definition) is 5. The van der Waals surface area contributed by atoms with Crippen LogP contribution in [0.3, 0.4) is 0 Å². The van der Waals surface area contributed by atoms with E-state index < -0.39 is 14.5 Å². The van der Waals surface area contributed by atoms with E-state index in [4.69, 9.17) is 4.43 Å². The summed E-state index contributed by atoms with van der Waals surface area (Å²) in [7, 11) is -1.79. The molecule has 6 heteroatoms. The zero-order chi connectivity index (χ0) is 19.4. The summed E-state index contributed by atoms with van der Waals surface area (Å²) >= 11 is 0. The summed E-state index contributed by atoms with van der Waals surface area (Å²) in [4.78, 5) is 6.53. The maximum absolute atomic E-state index is 11.0. The molecule has 0 amide bonds. The average Bonchev–Trinajstić information content (AvgIpc) is 2.60. The number of hydrogen-bond donors (Lipinski definition) is 2. The Morgan fingerprint density at radius 3 is 2.73 bits per heavy atom. The first-order valence-electron chi connectivity index (χ1n) is 9.80. The van der Waals surface area contributed by atoms with Gasteiger partial charge in [0.2, 0.25) is 0 Å². The standard InChI is InChI=1S/C20H36N2O3Si/c1-20(2,3)26(4,5)25-14-11-18-17(10-8-12-21-18)19(24)22-13-7-6-9-16(22)15-23/h8,10,12,16,19,23-24H,6-7,9,11,13-15H2,1-5H3/t16-,19?/m0/s1. The molecule has 0 aromatic carbocycles. The molecule has 0 radical (unpaired) electrons. The summed E-state index contributed by atoms with van der Waals surface area (Å²) in [5, 5.41) is 20.8. The van der Waals surface area contributed by atoms with Gasteiger partial charge in [-0.15, -0.1) is 0 Å². The Morgan fingerprint density at radius 1 is 1.35 bits per heavy atom. The minimum Gasteiger partial charge on any atom is -0.416 e. The van der Waals surface area contributed by atoms with Gasteiger partial charge < -0.3 is 14.6 Å². The van der Waals surface area contributed by atoms with Gasteiger partial charge in [0.05, 0.1) is 6.61 Å². The van der Waals surface area contributed by atoms with Crippen LogP contribution in [0.2, 0.25) is 18.1 Å². The molecule has 1 aromatic rings. The van der Waals surface area contributed by atoms with Gasteiger partial charge in [0.25, 0.3) is 0 Å². The topological polar surface area (TPSA) is 65.8 Å². The fourth-order valence-electron chi connectivity index (χ4n) is 3.23. The number of rotatable bonds is 7. The molecule has 1 unspecified atom stereocenters. The van der Waals surface area contributed by atoms with E-state index in [1.807, 2.05) is 17.0 Å². The van der Waals surface area contributed by atoms with Crippen LogP contribution in [0.15, 0.2) is 18.3 Å². The SMILES string of the molecule is CC(C)(C)[Si](C)(C)OCCc1ncccc1C(O)N1CCCC[C@H]1CO. The van der Waals surface area contributed by atoms with E-state index in [9.17, 15) is 10.2 Å². The number of likely N-dealkylation sites (tertiary alicyclic amines) is 1. The van der Waals surface area contributed by atoms with E-state index in [0.717, 1.165) is 37.1 Å². The first-order valence-corrected chi connectivity index (χ1v) is 12.7. The van der Waals surface area contributed by atoms with Crippen molar-refractivity contribution in [2.24, 2.45) is 0 Å². The summed E-state index contributed by atoms with van der Waals surface area (Å²) in [5.74, 6) is 0. The number of aliphatic hydroxyl groups is 2. The third-order valence-corrected chi connectivity index (χ3v) is 10.5. The molecule has 2 atom stereocenters. The molecule has 0 spiro atoms. The second-order valence-electron chi connectivity index (χ2n) is 8.84. The third kappa shape index (κ3) is 5.14. The molecule has 1 aromatic heterocycles. The lowest BCUT2D eigenvalue weighted by atomic mass is 10.00. The third-order valence-electron chi connectivity index (χ3n) is 6.01. The van der Waals surface area contributed by atoms with E-state index in [1.54, 1.807) is 6.20 Å². The summed E-state index contributed by atoms with van der Waals surface area (Å²) < 4.78 is 6.28. The molecule has 1 aliphatic heterocycles. The van der Waals surface area contributed by atoms with Crippen molar-refractivity contribution in [1.29, 1.82) is 0 Å². The van der Waals surface area contributed by atoms with Gasteiger partial charge in [-0.05, 0) is 37.0 Å². The predicted molar refractivity (Wildman–Crippen MR) is 107 cm³/mol. The Bertz CT molecular complexity index is 574. The van der Waals surface area contributed by atoms with Crippen LogP contribution in [0.1, 0.15) is 57.5 Å². The molecular weight excluding hydrogens is 344 g/mol. The van der Waals surface area contributed by atoms with Crippen LogP contribution < -0.4 is 0 Å². The van der Waals surface area contributed by atoms with Gasteiger partial charge in [0.1, 0.15) is 6.23 Å². The predicted octanol–water partition coefficient (Wildman–Crippen LogP) is 3.48. The highest BCUT2D eigenvalue weighted by atomic mass is 28.4. The van der Waals surface area contributed by atoms with Crippen molar-refractivity contribution in [2.45, 2.75) is 76.9 Å². The maximum atomic E-state index is 11.0. The molecule has 2 N–H and O–H groups in total. The Kier molecular flexibility index (Phi) is 7.39. The van der Waals surface area contributed by atoms with E-state index >= 15 is 0 Å². The molecular formula is C20H36N2O3Si. The van der Waals surface area contributed by atoms with Gasteiger partial charge >= 0.3 is 0 Å². The molecule has 26 heavy (non-hydrogen) atoms. The number of nitrogens with zero attached hydrogens (tertiary/aromatic N) is 2. The van der Waals surface area contributed by atoms with Crippen molar-refractivity contribution in [2.75, 3.05) is 19.8 Å². The first kappa shape index (κ1) is 21.5. The normalized spacial score (nSPS) is 21.0. The number of pyridine rings is 1. The van der Waals surface area contributed by atoms with Gasteiger partial charge in [-0.25, -0.2) is 0 Å². The van der Waals surface area contributed by atoms with Crippen LogP contribution in [0.25, 0.3) is 0 Å². The molecule has 2 rings (SSSR count). The van der Waals surface area contributed by atoms with Crippen molar-refractivity contribution in [3.63, 3.8) is 0 Å². The number of aliphatic hydroxyl groups excluding tert-OH is 2. The minimum atomic E-state index is -1.79. The molecule has 0 bridgehead atoms. The quantitative estimate of drug-likeness (QED) is 0.709. The van der Waals surface area contributed by atoms with Gasteiger partial charge in [0.15, 0.2) is 8.32 Å². The lowest BCUT2D eigenvalue weighted by Gasteiger charge is -2.38. The van der Waals surface area contributed by atoms with Crippen LogP contribution in [0.5, 0.6) is 0 Å². The Balaban J connectivity index is 2.07. The molecule has 0 aliphatic carbocycles. The highest BCUT2D eigenvalue weighted by Crippen LogP contribution is 2.36. The molecule has 1 saturated heterocycles. The lowest BCUT2D eigenvalue weighted by molar-refractivity contribution is -0.0576. The summed E-state index contributed by atoms with van der Waals surface area (Å²) in [5.41, 5.74) is 1.73. The zero-order valence-electron chi connectivity index (χ0n) is 17.0.